The Kier molecular flexibility index (Phi) is 4.26. The van der Waals surface area contributed by atoms with Gasteiger partial charge in [-0.05, 0) is 36.8 Å². The summed E-state index contributed by atoms with van der Waals surface area (Å²) in [6.07, 6.45) is 1.62. The molecule has 0 unspecified atom stereocenters. The third kappa shape index (κ3) is 3.37. The number of nitrogens with zero attached hydrogens (tertiary/aromatic N) is 2. The topological polar surface area (TPSA) is 48.7 Å². The van der Waals surface area contributed by atoms with Crippen LogP contribution in [0.3, 0.4) is 0 Å². The highest BCUT2D eigenvalue weighted by Gasteiger charge is 2.10. The molecule has 2 rings (SSSR count). The largest absolute Gasteiger partial charge is 0.377 e. The van der Waals surface area contributed by atoms with E-state index >= 15 is 0 Å². The molecule has 1 aromatic carbocycles. The van der Waals surface area contributed by atoms with Crippen molar-refractivity contribution in [2.45, 2.75) is 13.0 Å². The lowest BCUT2D eigenvalue weighted by Gasteiger charge is -2.17. The third-order valence-electron chi connectivity index (χ3n) is 2.69. The highest BCUT2D eigenvalue weighted by Crippen LogP contribution is 2.28. The van der Waals surface area contributed by atoms with Crippen LogP contribution in [0.5, 0.6) is 0 Å². The summed E-state index contributed by atoms with van der Waals surface area (Å²) in [6, 6.07) is 10.9. The van der Waals surface area contributed by atoms with Crippen molar-refractivity contribution in [3.63, 3.8) is 0 Å². The second kappa shape index (κ2) is 5.92. The highest BCUT2D eigenvalue weighted by atomic mass is 35.5. The fourth-order valence-corrected chi connectivity index (χ4v) is 2.30. The number of benzene rings is 1. The molecule has 0 aliphatic carbocycles. The van der Waals surface area contributed by atoms with Gasteiger partial charge in [-0.25, -0.2) is 4.98 Å². The molecule has 0 amide bonds. The summed E-state index contributed by atoms with van der Waals surface area (Å²) in [5, 5.41) is 13.2. The Bertz CT molecular complexity index is 618. The minimum Gasteiger partial charge on any atom is -0.377 e. The van der Waals surface area contributed by atoms with Crippen molar-refractivity contribution >= 4 is 28.9 Å². The fourth-order valence-electron chi connectivity index (χ4n) is 1.73. The molecule has 5 heteroatoms. The normalized spacial score (nSPS) is 11.7. The first kappa shape index (κ1) is 13.7. The van der Waals surface area contributed by atoms with Crippen LogP contribution in [-0.2, 0) is 0 Å². The molecule has 1 heterocycles. The van der Waals surface area contributed by atoms with E-state index in [-0.39, 0.29) is 6.04 Å². The molecule has 1 N–H and O–H groups in total. The highest BCUT2D eigenvalue weighted by molar-refractivity contribution is 6.35. The van der Waals surface area contributed by atoms with Gasteiger partial charge in [0.2, 0.25) is 0 Å². The number of rotatable bonds is 3. The van der Waals surface area contributed by atoms with Gasteiger partial charge in [-0.2, -0.15) is 5.26 Å². The molecule has 0 aliphatic heterocycles. The number of nitriles is 1. The maximum Gasteiger partial charge on any atom is 0.140 e. The van der Waals surface area contributed by atoms with Crippen molar-refractivity contribution in [3.8, 4) is 6.07 Å². The number of anilines is 1. The van der Waals surface area contributed by atoms with Crippen LogP contribution in [0.15, 0.2) is 36.5 Å². The Balaban J connectivity index is 2.16. The molecule has 0 aliphatic rings. The lowest BCUT2D eigenvalue weighted by Crippen LogP contribution is -2.07. The molecular formula is C14H11Cl2N3. The number of pyridine rings is 1. The molecule has 19 heavy (non-hydrogen) atoms. The number of aromatic nitrogens is 1. The minimum absolute atomic E-state index is 0.0134. The van der Waals surface area contributed by atoms with E-state index in [9.17, 15) is 0 Å². The van der Waals surface area contributed by atoms with Crippen LogP contribution < -0.4 is 5.32 Å². The second-order valence-corrected chi connectivity index (χ2v) is 4.92. The van der Waals surface area contributed by atoms with Gasteiger partial charge < -0.3 is 5.32 Å². The second-order valence-electron chi connectivity index (χ2n) is 4.08. The summed E-state index contributed by atoms with van der Waals surface area (Å²) in [5.74, 6) is 0. The van der Waals surface area contributed by atoms with Gasteiger partial charge in [0.25, 0.3) is 0 Å². The Morgan fingerprint density at radius 3 is 2.63 bits per heavy atom. The van der Waals surface area contributed by atoms with E-state index in [0.29, 0.717) is 15.7 Å². The van der Waals surface area contributed by atoms with Crippen molar-refractivity contribution in [2.75, 3.05) is 5.32 Å². The van der Waals surface area contributed by atoms with Crippen LogP contribution in [0.1, 0.15) is 24.2 Å². The number of hydrogen-bond donors (Lipinski definition) is 1. The van der Waals surface area contributed by atoms with Gasteiger partial charge >= 0.3 is 0 Å². The molecule has 0 bridgehead atoms. The zero-order chi connectivity index (χ0) is 13.8. The van der Waals surface area contributed by atoms with Crippen LogP contribution in [-0.4, -0.2) is 4.98 Å². The number of hydrogen-bond acceptors (Lipinski definition) is 3. The lowest BCUT2D eigenvalue weighted by molar-refractivity contribution is 0.883. The van der Waals surface area contributed by atoms with Crippen LogP contribution in [0.4, 0.5) is 5.69 Å². The van der Waals surface area contributed by atoms with Crippen molar-refractivity contribution in [2.24, 2.45) is 0 Å². The monoisotopic (exact) mass is 291 g/mol. The summed E-state index contributed by atoms with van der Waals surface area (Å²) in [7, 11) is 0. The van der Waals surface area contributed by atoms with Crippen molar-refractivity contribution in [3.05, 3.63) is 57.8 Å². The Labute approximate surface area is 121 Å². The van der Waals surface area contributed by atoms with Gasteiger partial charge in [-0.15, -0.1) is 0 Å². The zero-order valence-electron chi connectivity index (χ0n) is 10.2. The standard InChI is InChI=1S/C14H11Cl2N3/c1-9(13-5-2-10(15)6-14(13)16)19-12-4-3-11(7-17)18-8-12/h2-6,8-9,19H,1H3/t9-/m0/s1. The predicted octanol–water partition coefficient (Wildman–Crippen LogP) is 4.43. The number of nitrogens with one attached hydrogen (secondary N) is 1. The minimum atomic E-state index is 0.0134. The van der Waals surface area contributed by atoms with E-state index < -0.39 is 0 Å². The summed E-state index contributed by atoms with van der Waals surface area (Å²) < 4.78 is 0. The van der Waals surface area contributed by atoms with Gasteiger partial charge in [0.15, 0.2) is 0 Å². The average molecular weight is 292 g/mol. The molecule has 1 atom stereocenters. The Hall–Kier alpha value is -1.76. The van der Waals surface area contributed by atoms with E-state index in [4.69, 9.17) is 28.5 Å². The summed E-state index contributed by atoms with van der Waals surface area (Å²) >= 11 is 12.0. The molecule has 0 saturated heterocycles. The van der Waals surface area contributed by atoms with E-state index in [1.807, 2.05) is 25.1 Å². The smallest absolute Gasteiger partial charge is 0.140 e. The van der Waals surface area contributed by atoms with Crippen molar-refractivity contribution in [1.82, 2.24) is 4.98 Å². The van der Waals surface area contributed by atoms with Crippen LogP contribution in [0.2, 0.25) is 10.0 Å². The van der Waals surface area contributed by atoms with Crippen LogP contribution in [0, 0.1) is 11.3 Å². The number of halogens is 2. The molecule has 0 fully saturated rings. The molecular weight excluding hydrogens is 281 g/mol. The quantitative estimate of drug-likeness (QED) is 0.910. The van der Waals surface area contributed by atoms with Crippen molar-refractivity contribution < 1.29 is 0 Å². The van der Waals surface area contributed by atoms with Crippen LogP contribution >= 0.6 is 23.2 Å². The average Bonchev–Trinajstić information content (AvgIpc) is 2.39. The summed E-state index contributed by atoms with van der Waals surface area (Å²) in [4.78, 5) is 4.00. The fraction of sp³-hybridized carbons (Fsp3) is 0.143. The molecule has 0 radical (unpaired) electrons. The first-order valence-electron chi connectivity index (χ1n) is 5.68. The van der Waals surface area contributed by atoms with Crippen molar-refractivity contribution in [1.29, 1.82) is 5.26 Å². The molecule has 3 nitrogen and oxygen atoms in total. The Morgan fingerprint density at radius 1 is 1.26 bits per heavy atom. The molecule has 96 valence electrons. The maximum atomic E-state index is 8.69. The van der Waals surface area contributed by atoms with E-state index in [2.05, 4.69) is 10.3 Å². The first-order valence-corrected chi connectivity index (χ1v) is 6.43. The van der Waals surface area contributed by atoms with Gasteiger partial charge in [0, 0.05) is 10.0 Å². The van der Waals surface area contributed by atoms with E-state index in [1.165, 1.54) is 0 Å². The van der Waals surface area contributed by atoms with E-state index in [0.717, 1.165) is 11.3 Å². The SMILES string of the molecule is C[C@H](Nc1ccc(C#N)nc1)c1ccc(Cl)cc1Cl. The Morgan fingerprint density at radius 2 is 2.05 bits per heavy atom. The molecule has 1 aromatic heterocycles. The molecule has 0 spiro atoms. The van der Waals surface area contributed by atoms with Gasteiger partial charge in [-0.3, -0.25) is 0 Å². The molecule has 0 saturated carbocycles. The van der Waals surface area contributed by atoms with Gasteiger partial charge in [0.1, 0.15) is 11.8 Å². The van der Waals surface area contributed by atoms with Gasteiger partial charge in [0.05, 0.1) is 17.9 Å². The third-order valence-corrected chi connectivity index (χ3v) is 3.25. The van der Waals surface area contributed by atoms with Crippen LogP contribution in [0.25, 0.3) is 0 Å². The van der Waals surface area contributed by atoms with E-state index in [1.54, 1.807) is 24.4 Å². The first-order chi connectivity index (χ1) is 9.10. The summed E-state index contributed by atoms with van der Waals surface area (Å²) in [6.45, 7) is 1.99. The molecule has 2 aromatic rings. The zero-order valence-corrected chi connectivity index (χ0v) is 11.7. The summed E-state index contributed by atoms with van der Waals surface area (Å²) in [5.41, 5.74) is 2.18. The lowest BCUT2D eigenvalue weighted by atomic mass is 10.1. The van der Waals surface area contributed by atoms with Gasteiger partial charge in [-0.1, -0.05) is 29.3 Å². The predicted molar refractivity (Wildman–Crippen MR) is 77.5 cm³/mol. The maximum absolute atomic E-state index is 8.69.